The summed E-state index contributed by atoms with van der Waals surface area (Å²) in [6, 6.07) is 16.9. The molecule has 2 heterocycles. The molecule has 5 rings (SSSR count). The van der Waals surface area contributed by atoms with Crippen LogP contribution in [-0.2, 0) is 6.54 Å². The summed E-state index contributed by atoms with van der Waals surface area (Å²) in [5, 5.41) is 11.3. The number of methoxy groups -OCH3 is 1. The van der Waals surface area contributed by atoms with Gasteiger partial charge in [0.1, 0.15) is 5.75 Å². The summed E-state index contributed by atoms with van der Waals surface area (Å²) in [5.41, 5.74) is 4.60. The van der Waals surface area contributed by atoms with E-state index in [0.717, 1.165) is 39.9 Å². The Kier molecular flexibility index (Phi) is 5.01. The first-order chi connectivity index (χ1) is 14.7. The maximum Gasteiger partial charge on any atom is 0.348 e. The molecule has 2 N–H and O–H groups in total. The molecule has 0 spiro atoms. The second-order valence-corrected chi connectivity index (χ2v) is 8.04. The number of fused-ring (bicyclic) bond motifs is 3. The van der Waals surface area contributed by atoms with E-state index in [-0.39, 0.29) is 5.69 Å². The maximum absolute atomic E-state index is 12.2. The number of nitrogens with one attached hydrogen (secondary N) is 2. The molecule has 1 fully saturated rings. The zero-order valence-electron chi connectivity index (χ0n) is 17.1. The highest BCUT2D eigenvalue weighted by Gasteiger charge is 2.15. The molecule has 6 nitrogen and oxygen atoms in total. The Morgan fingerprint density at radius 1 is 1.13 bits per heavy atom. The van der Waals surface area contributed by atoms with E-state index in [2.05, 4.69) is 33.7 Å². The Bertz CT molecular complexity index is 1250. The number of ether oxygens (including phenoxy) is 1. The third-order valence-corrected chi connectivity index (χ3v) is 6.20. The Balaban J connectivity index is 1.55. The van der Waals surface area contributed by atoms with Gasteiger partial charge in [0.05, 0.1) is 12.6 Å². The fraction of sp³-hybridized carbons (Fsp3) is 0.333. The molecule has 2 aromatic heterocycles. The van der Waals surface area contributed by atoms with E-state index < -0.39 is 0 Å². The molecular weight excluding hydrogens is 376 g/mol. The van der Waals surface area contributed by atoms with Crippen molar-refractivity contribution in [3.8, 4) is 16.9 Å². The number of aromatic amines is 1. The van der Waals surface area contributed by atoms with Crippen LogP contribution in [0.5, 0.6) is 5.75 Å². The van der Waals surface area contributed by atoms with Crippen LogP contribution < -0.4 is 15.7 Å². The van der Waals surface area contributed by atoms with Crippen molar-refractivity contribution in [1.82, 2.24) is 19.9 Å². The van der Waals surface area contributed by atoms with Crippen molar-refractivity contribution in [2.24, 2.45) is 0 Å². The predicted molar refractivity (Wildman–Crippen MR) is 119 cm³/mol. The number of benzene rings is 2. The molecule has 1 saturated carbocycles. The van der Waals surface area contributed by atoms with E-state index in [4.69, 9.17) is 4.74 Å². The average Bonchev–Trinajstić information content (AvgIpc) is 3.19. The van der Waals surface area contributed by atoms with E-state index in [1.165, 1.54) is 32.1 Å². The number of hydrogen-bond acceptors (Lipinski definition) is 4. The highest BCUT2D eigenvalue weighted by Crippen LogP contribution is 2.32. The molecule has 1 aliphatic carbocycles. The van der Waals surface area contributed by atoms with Gasteiger partial charge in [-0.2, -0.15) is 5.10 Å². The average molecular weight is 402 g/mol. The third-order valence-electron chi connectivity index (χ3n) is 6.20. The molecule has 6 heteroatoms. The van der Waals surface area contributed by atoms with Gasteiger partial charge in [-0.25, -0.2) is 14.3 Å². The van der Waals surface area contributed by atoms with Crippen molar-refractivity contribution in [3.63, 3.8) is 0 Å². The van der Waals surface area contributed by atoms with E-state index >= 15 is 0 Å². The molecule has 0 atom stereocenters. The largest absolute Gasteiger partial charge is 0.496 e. The first-order valence-corrected chi connectivity index (χ1v) is 10.6. The van der Waals surface area contributed by atoms with Gasteiger partial charge in [-0.1, -0.05) is 37.5 Å². The van der Waals surface area contributed by atoms with E-state index in [1.54, 1.807) is 11.5 Å². The van der Waals surface area contributed by atoms with Crippen LogP contribution >= 0.6 is 0 Å². The summed E-state index contributed by atoms with van der Waals surface area (Å²) < 4.78 is 7.25. The van der Waals surface area contributed by atoms with Crippen molar-refractivity contribution >= 4 is 16.6 Å². The molecule has 0 amide bonds. The molecule has 0 bridgehead atoms. The summed E-state index contributed by atoms with van der Waals surface area (Å²) in [5.74, 6) is 0.899. The lowest BCUT2D eigenvalue weighted by molar-refractivity contribution is 0.365. The minimum absolute atomic E-state index is 0.222. The van der Waals surface area contributed by atoms with Crippen LogP contribution in [0.3, 0.4) is 0 Å². The Labute approximate surface area is 174 Å². The standard InChI is InChI=1S/C24H26N4O2/c1-30-22-12-10-16(14-17(22)15-25-18-6-3-2-4-7-18)19-8-5-9-21-20(19)11-13-23-26-27-24(29)28(21)23/h5,8-14,18,25H,2-4,6-7,15H2,1H3,(H,27,29). The second kappa shape index (κ2) is 7.95. The molecule has 2 aromatic carbocycles. The van der Waals surface area contributed by atoms with Gasteiger partial charge >= 0.3 is 5.69 Å². The van der Waals surface area contributed by atoms with Gasteiger partial charge in [0, 0.05) is 23.5 Å². The second-order valence-electron chi connectivity index (χ2n) is 8.04. The molecule has 4 aromatic rings. The van der Waals surface area contributed by atoms with Crippen LogP contribution in [0, 0.1) is 0 Å². The summed E-state index contributed by atoms with van der Waals surface area (Å²) in [4.78, 5) is 12.2. The number of aromatic nitrogens is 3. The van der Waals surface area contributed by atoms with Crippen molar-refractivity contribution in [2.45, 2.75) is 44.7 Å². The van der Waals surface area contributed by atoms with Gasteiger partial charge in [0.25, 0.3) is 0 Å². The van der Waals surface area contributed by atoms with E-state index in [0.29, 0.717) is 11.7 Å². The molecule has 30 heavy (non-hydrogen) atoms. The highest BCUT2D eigenvalue weighted by atomic mass is 16.5. The van der Waals surface area contributed by atoms with Gasteiger partial charge in [-0.15, -0.1) is 0 Å². The summed E-state index contributed by atoms with van der Waals surface area (Å²) in [7, 11) is 1.72. The molecule has 0 aliphatic heterocycles. The quantitative estimate of drug-likeness (QED) is 0.523. The molecule has 154 valence electrons. The molecule has 0 saturated heterocycles. The highest BCUT2D eigenvalue weighted by molar-refractivity contribution is 5.96. The molecular formula is C24H26N4O2. The van der Waals surface area contributed by atoms with Crippen LogP contribution in [0.25, 0.3) is 27.7 Å². The number of H-pyrrole nitrogens is 1. The van der Waals surface area contributed by atoms with Gasteiger partial charge in [0.15, 0.2) is 5.65 Å². The molecule has 0 unspecified atom stereocenters. The molecule has 0 radical (unpaired) electrons. The zero-order chi connectivity index (χ0) is 20.5. The van der Waals surface area contributed by atoms with Gasteiger partial charge in [-0.05, 0) is 54.3 Å². The minimum atomic E-state index is -0.222. The normalized spacial score (nSPS) is 15.1. The Hall–Kier alpha value is -3.12. The van der Waals surface area contributed by atoms with Crippen molar-refractivity contribution in [2.75, 3.05) is 7.11 Å². The number of nitrogens with zero attached hydrogens (tertiary/aromatic N) is 2. The third kappa shape index (κ3) is 3.37. The van der Waals surface area contributed by atoms with Gasteiger partial charge in [0.2, 0.25) is 0 Å². The number of hydrogen-bond donors (Lipinski definition) is 2. The Morgan fingerprint density at radius 2 is 2.00 bits per heavy atom. The first-order valence-electron chi connectivity index (χ1n) is 10.6. The maximum atomic E-state index is 12.2. The predicted octanol–water partition coefficient (Wildman–Crippen LogP) is 4.27. The fourth-order valence-electron chi connectivity index (χ4n) is 4.63. The lowest BCUT2D eigenvalue weighted by Crippen LogP contribution is -2.30. The fourth-order valence-corrected chi connectivity index (χ4v) is 4.63. The smallest absolute Gasteiger partial charge is 0.348 e. The van der Waals surface area contributed by atoms with Crippen LogP contribution in [0.2, 0.25) is 0 Å². The van der Waals surface area contributed by atoms with Gasteiger partial charge < -0.3 is 10.1 Å². The lowest BCUT2D eigenvalue weighted by atomic mass is 9.95. The Morgan fingerprint density at radius 3 is 2.83 bits per heavy atom. The van der Waals surface area contributed by atoms with Crippen molar-refractivity contribution in [1.29, 1.82) is 0 Å². The SMILES string of the molecule is COc1ccc(-c2cccc3c2ccc2n[nH]c(=O)n23)cc1CNC1CCCCC1. The van der Waals surface area contributed by atoms with Crippen LogP contribution in [0.15, 0.2) is 53.3 Å². The van der Waals surface area contributed by atoms with Gasteiger partial charge in [-0.3, -0.25) is 0 Å². The zero-order valence-corrected chi connectivity index (χ0v) is 17.1. The summed E-state index contributed by atoms with van der Waals surface area (Å²) in [6.45, 7) is 0.790. The lowest BCUT2D eigenvalue weighted by Gasteiger charge is -2.23. The van der Waals surface area contributed by atoms with Crippen LogP contribution in [0.1, 0.15) is 37.7 Å². The topological polar surface area (TPSA) is 71.4 Å². The van der Waals surface area contributed by atoms with Crippen LogP contribution in [-0.4, -0.2) is 27.7 Å². The summed E-state index contributed by atoms with van der Waals surface area (Å²) in [6.07, 6.45) is 6.48. The van der Waals surface area contributed by atoms with E-state index in [1.807, 2.05) is 30.3 Å². The first kappa shape index (κ1) is 18.9. The monoisotopic (exact) mass is 402 g/mol. The number of pyridine rings is 1. The molecule has 1 aliphatic rings. The van der Waals surface area contributed by atoms with Crippen molar-refractivity contribution in [3.05, 3.63) is 64.6 Å². The van der Waals surface area contributed by atoms with Crippen LogP contribution in [0.4, 0.5) is 0 Å². The van der Waals surface area contributed by atoms with Crippen molar-refractivity contribution < 1.29 is 4.74 Å². The minimum Gasteiger partial charge on any atom is -0.496 e. The number of rotatable bonds is 5. The summed E-state index contributed by atoms with van der Waals surface area (Å²) >= 11 is 0. The van der Waals surface area contributed by atoms with E-state index in [9.17, 15) is 4.79 Å².